The molecular formula is C53H37NS. The minimum Gasteiger partial charge on any atom is -0.310 e. The molecule has 1 aliphatic rings. The predicted molar refractivity (Wildman–Crippen MR) is 237 cm³/mol. The van der Waals surface area contributed by atoms with Gasteiger partial charge in [0.15, 0.2) is 0 Å². The van der Waals surface area contributed by atoms with Crippen LogP contribution in [-0.2, 0) is 5.41 Å². The van der Waals surface area contributed by atoms with E-state index in [9.17, 15) is 0 Å². The number of para-hydroxylation sites is 2. The van der Waals surface area contributed by atoms with Gasteiger partial charge in [0.2, 0.25) is 0 Å². The van der Waals surface area contributed by atoms with Crippen molar-refractivity contribution in [2.45, 2.75) is 19.3 Å². The smallest absolute Gasteiger partial charge is 0.0465 e. The number of nitrogens with zero attached hydrogens (tertiary/aromatic N) is 1. The Morgan fingerprint density at radius 1 is 0.382 bits per heavy atom. The normalized spacial score (nSPS) is 13.1. The Kier molecular flexibility index (Phi) is 7.14. The average molecular weight is 720 g/mol. The molecule has 2 heteroatoms. The minimum absolute atomic E-state index is 0.196. The van der Waals surface area contributed by atoms with Gasteiger partial charge in [-0.3, -0.25) is 0 Å². The van der Waals surface area contributed by atoms with Crippen molar-refractivity contribution in [3.05, 3.63) is 199 Å². The molecule has 1 aliphatic carbocycles. The molecule has 0 amide bonds. The van der Waals surface area contributed by atoms with E-state index in [1.807, 2.05) is 11.3 Å². The van der Waals surface area contributed by atoms with Crippen molar-refractivity contribution < 1.29 is 0 Å². The van der Waals surface area contributed by atoms with Crippen molar-refractivity contribution in [1.82, 2.24) is 0 Å². The fraction of sp³-hybridized carbons (Fsp3) is 0.0566. The van der Waals surface area contributed by atoms with Crippen molar-refractivity contribution in [3.8, 4) is 33.4 Å². The van der Waals surface area contributed by atoms with E-state index < -0.39 is 0 Å². The molecule has 1 heterocycles. The summed E-state index contributed by atoms with van der Waals surface area (Å²) in [6, 6.07) is 69.4. The lowest BCUT2D eigenvalue weighted by Crippen LogP contribution is -2.16. The van der Waals surface area contributed by atoms with Gasteiger partial charge in [-0.1, -0.05) is 153 Å². The van der Waals surface area contributed by atoms with Crippen molar-refractivity contribution in [1.29, 1.82) is 0 Å². The maximum Gasteiger partial charge on any atom is 0.0465 e. The van der Waals surface area contributed by atoms with Crippen LogP contribution in [0, 0.1) is 0 Å². The van der Waals surface area contributed by atoms with E-state index in [4.69, 9.17) is 0 Å². The van der Waals surface area contributed by atoms with Crippen molar-refractivity contribution >= 4 is 70.1 Å². The van der Waals surface area contributed by atoms with E-state index in [0.29, 0.717) is 0 Å². The van der Waals surface area contributed by atoms with Crippen LogP contribution in [0.25, 0.3) is 75.1 Å². The molecule has 0 unspecified atom stereocenters. The number of rotatable bonds is 5. The topological polar surface area (TPSA) is 3.24 Å². The molecule has 9 aromatic carbocycles. The summed E-state index contributed by atoms with van der Waals surface area (Å²) in [6.07, 6.45) is 0. The lowest BCUT2D eigenvalue weighted by molar-refractivity contribution is 0.660. The number of hydrogen-bond donors (Lipinski definition) is 0. The summed E-state index contributed by atoms with van der Waals surface area (Å²) in [4.78, 5) is 2.36. The Hall–Kier alpha value is -6.48. The number of hydrogen-bond acceptors (Lipinski definition) is 2. The van der Waals surface area contributed by atoms with Gasteiger partial charge in [0, 0.05) is 48.2 Å². The van der Waals surface area contributed by atoms with Gasteiger partial charge in [-0.2, -0.15) is 0 Å². The van der Waals surface area contributed by atoms with Gasteiger partial charge in [0.1, 0.15) is 0 Å². The van der Waals surface area contributed by atoms with Gasteiger partial charge in [0.25, 0.3) is 0 Å². The van der Waals surface area contributed by atoms with Crippen LogP contribution in [0.1, 0.15) is 25.0 Å². The minimum atomic E-state index is -0.196. The zero-order valence-electron chi connectivity index (χ0n) is 30.8. The third kappa shape index (κ3) is 4.85. The zero-order chi connectivity index (χ0) is 36.7. The highest BCUT2D eigenvalue weighted by atomic mass is 32.1. The van der Waals surface area contributed by atoms with Gasteiger partial charge in [0.05, 0.1) is 0 Å². The van der Waals surface area contributed by atoms with E-state index in [1.165, 1.54) is 91.9 Å². The standard InChI is InChI=1S/C53H37NS/c1-53(2)47-32-34(28-30-38(47)39-31-29-37(33-48(39)53)54(35-16-5-3-6-17-35)36-18-7-4-8-19-36)50-41-21-9-11-23-43(41)51(44-24-12-10-22-42(44)50)46-26-15-25-45-40-20-13-14-27-49(40)55-52(45)46/h3-33H,1-2H3. The molecule has 0 saturated carbocycles. The second-order valence-electron chi connectivity index (χ2n) is 15.2. The molecule has 0 N–H and O–H groups in total. The molecule has 0 bridgehead atoms. The van der Waals surface area contributed by atoms with Crippen LogP contribution in [-0.4, -0.2) is 0 Å². The highest BCUT2D eigenvalue weighted by Crippen LogP contribution is 2.53. The predicted octanol–water partition coefficient (Wildman–Crippen LogP) is 15.5. The molecule has 0 fully saturated rings. The fourth-order valence-electron chi connectivity index (χ4n) is 9.30. The van der Waals surface area contributed by atoms with Crippen molar-refractivity contribution in [2.75, 3.05) is 4.90 Å². The van der Waals surface area contributed by atoms with E-state index >= 15 is 0 Å². The fourth-order valence-corrected chi connectivity index (χ4v) is 10.5. The Bertz CT molecular complexity index is 3020. The first-order valence-electron chi connectivity index (χ1n) is 19.1. The van der Waals surface area contributed by atoms with E-state index in [1.54, 1.807) is 0 Å². The number of fused-ring (bicyclic) bond motifs is 8. The molecule has 1 aromatic heterocycles. The van der Waals surface area contributed by atoms with Crippen LogP contribution < -0.4 is 4.90 Å². The van der Waals surface area contributed by atoms with Gasteiger partial charge in [-0.15, -0.1) is 11.3 Å². The second-order valence-corrected chi connectivity index (χ2v) is 16.3. The number of benzene rings is 9. The van der Waals surface area contributed by atoms with Crippen LogP contribution in [0.4, 0.5) is 17.1 Å². The number of thiophene rings is 1. The molecule has 0 radical (unpaired) electrons. The summed E-state index contributed by atoms with van der Waals surface area (Å²) in [6.45, 7) is 4.79. The molecule has 0 saturated heterocycles. The molecular weight excluding hydrogens is 683 g/mol. The second kappa shape index (κ2) is 12.3. The van der Waals surface area contributed by atoms with Crippen LogP contribution in [0.3, 0.4) is 0 Å². The summed E-state index contributed by atoms with van der Waals surface area (Å²) in [7, 11) is 0. The molecule has 10 aromatic rings. The van der Waals surface area contributed by atoms with Gasteiger partial charge in [-0.05, 0) is 109 Å². The summed E-state index contributed by atoms with van der Waals surface area (Å²) in [5, 5.41) is 7.80. The summed E-state index contributed by atoms with van der Waals surface area (Å²) >= 11 is 1.91. The van der Waals surface area contributed by atoms with E-state index in [0.717, 1.165) is 11.4 Å². The Morgan fingerprint density at radius 2 is 0.891 bits per heavy atom. The molecule has 1 nitrogen and oxygen atoms in total. The van der Waals surface area contributed by atoms with Crippen molar-refractivity contribution in [3.63, 3.8) is 0 Å². The Morgan fingerprint density at radius 3 is 1.53 bits per heavy atom. The average Bonchev–Trinajstić information content (AvgIpc) is 3.72. The molecule has 11 rings (SSSR count). The largest absolute Gasteiger partial charge is 0.310 e. The summed E-state index contributed by atoms with van der Waals surface area (Å²) in [5.74, 6) is 0. The zero-order valence-corrected chi connectivity index (χ0v) is 31.6. The first-order valence-corrected chi connectivity index (χ1v) is 19.9. The van der Waals surface area contributed by atoms with Crippen LogP contribution in [0.2, 0.25) is 0 Å². The quantitative estimate of drug-likeness (QED) is 0.160. The highest BCUT2D eigenvalue weighted by Gasteiger charge is 2.36. The van der Waals surface area contributed by atoms with E-state index in [2.05, 4.69) is 207 Å². The van der Waals surface area contributed by atoms with Crippen LogP contribution in [0.5, 0.6) is 0 Å². The number of anilines is 3. The third-order valence-electron chi connectivity index (χ3n) is 11.8. The lowest BCUT2D eigenvalue weighted by Gasteiger charge is -2.28. The molecule has 0 spiro atoms. The Balaban J connectivity index is 1.09. The molecule has 0 aliphatic heterocycles. The third-order valence-corrected chi connectivity index (χ3v) is 13.1. The van der Waals surface area contributed by atoms with Gasteiger partial charge in [-0.25, -0.2) is 0 Å². The van der Waals surface area contributed by atoms with Gasteiger partial charge >= 0.3 is 0 Å². The maximum absolute atomic E-state index is 2.49. The van der Waals surface area contributed by atoms with Crippen LogP contribution in [0.15, 0.2) is 188 Å². The van der Waals surface area contributed by atoms with Gasteiger partial charge < -0.3 is 4.90 Å². The van der Waals surface area contributed by atoms with Crippen LogP contribution >= 0.6 is 11.3 Å². The SMILES string of the molecule is CC1(C)c2cc(-c3c4ccccc4c(-c4cccc5c4sc4ccccc45)c4ccccc34)ccc2-c2ccc(N(c3ccccc3)c3ccccc3)cc21. The molecule has 55 heavy (non-hydrogen) atoms. The Labute approximate surface area is 325 Å². The summed E-state index contributed by atoms with van der Waals surface area (Å²) in [5.41, 5.74) is 13.8. The monoisotopic (exact) mass is 719 g/mol. The first kappa shape index (κ1) is 32.0. The highest BCUT2D eigenvalue weighted by molar-refractivity contribution is 7.26. The lowest BCUT2D eigenvalue weighted by atomic mass is 9.80. The maximum atomic E-state index is 2.49. The first-order chi connectivity index (χ1) is 27.1. The van der Waals surface area contributed by atoms with E-state index in [-0.39, 0.29) is 5.41 Å². The molecule has 260 valence electrons. The molecule has 0 atom stereocenters. The van der Waals surface area contributed by atoms with Crippen molar-refractivity contribution in [2.24, 2.45) is 0 Å². The summed E-state index contributed by atoms with van der Waals surface area (Å²) < 4.78 is 2.68.